The molecule has 8 nitrogen and oxygen atoms in total. The first-order valence-corrected chi connectivity index (χ1v) is 29.2. The van der Waals surface area contributed by atoms with Crippen molar-refractivity contribution in [2.45, 2.75) is 83.9 Å². The molecule has 3 fully saturated rings. The van der Waals surface area contributed by atoms with Crippen LogP contribution in [0.3, 0.4) is 0 Å². The highest BCUT2D eigenvalue weighted by atomic mass is 35.5. The third-order valence-electron chi connectivity index (χ3n) is 13.3. The van der Waals surface area contributed by atoms with Gasteiger partial charge < -0.3 is 30.1 Å². The summed E-state index contributed by atoms with van der Waals surface area (Å²) >= 11 is 41.5. The van der Waals surface area contributed by atoms with Gasteiger partial charge in [0.1, 0.15) is 0 Å². The number of hydrogen-bond acceptors (Lipinski definition) is 8. The fourth-order valence-corrected chi connectivity index (χ4v) is 10.6. The summed E-state index contributed by atoms with van der Waals surface area (Å²) in [5.41, 5.74) is 8.29. The standard InChI is InChI=1S/C23H22Cl2N2.2C17H18Cl2N2.C4H7ClO2.C2H6/c24-20-8-6-19(7-9-20)23-17-26(16-18-4-2-1-3-5-18)14-15-27(23)22-12-10-21(25)11-13-22;1-12-11-21(16-8-6-15(19)7-9-16)17(10-20-12)13-2-4-14(18)5-3-13;1-12-10-20-11-17(13-2-4-14(18)5-3-13)21(12)16-8-6-15(19)7-9-16;1-3(5)7-4(2)6;1-2/h1-13,23H,14-17H2;2*2-9,12,17,20H,10-11H2,1H3;3H,1-2H3;1-2H3/t;2*12-,17+;;/m.11../s1. The normalized spacial score (nSPS) is 19.4. The van der Waals surface area contributed by atoms with E-state index in [1.165, 1.54) is 46.2 Å². The lowest BCUT2D eigenvalue weighted by Crippen LogP contribution is -2.51. The van der Waals surface area contributed by atoms with Gasteiger partial charge in [-0.1, -0.05) is 162 Å². The molecule has 3 heterocycles. The summed E-state index contributed by atoms with van der Waals surface area (Å²) in [6.07, 6.45) is 0. The van der Waals surface area contributed by atoms with Gasteiger partial charge in [0.15, 0.2) is 5.56 Å². The predicted molar refractivity (Wildman–Crippen MR) is 334 cm³/mol. The van der Waals surface area contributed by atoms with Crippen LogP contribution in [0.15, 0.2) is 176 Å². The van der Waals surface area contributed by atoms with E-state index in [1.807, 2.05) is 86.6 Å². The van der Waals surface area contributed by atoms with Crippen LogP contribution in [-0.2, 0) is 16.1 Å². The summed E-state index contributed by atoms with van der Waals surface area (Å²) in [5, 5.41) is 11.7. The number of carbonyl (C=O) groups is 1. The van der Waals surface area contributed by atoms with Gasteiger partial charge in [0.25, 0.3) is 0 Å². The molecule has 0 spiro atoms. The molecule has 0 radical (unpaired) electrons. The second-order valence-electron chi connectivity index (χ2n) is 19.1. The first kappa shape index (κ1) is 62.5. The maximum atomic E-state index is 9.95. The number of ether oxygens (including phenoxy) is 1. The van der Waals surface area contributed by atoms with Crippen LogP contribution in [0.1, 0.15) is 81.9 Å². The summed E-state index contributed by atoms with van der Waals surface area (Å²) in [6, 6.07) is 61.2. The Kier molecular flexibility index (Phi) is 25.6. The van der Waals surface area contributed by atoms with E-state index in [-0.39, 0.29) is 12.0 Å². The fraction of sp³-hybridized carbons (Fsp3) is 0.317. The molecule has 2 N–H and O–H groups in total. The number of benzene rings is 7. The summed E-state index contributed by atoms with van der Waals surface area (Å²) in [5.74, 6) is -0.345. The van der Waals surface area contributed by atoms with Gasteiger partial charge in [-0.3, -0.25) is 9.69 Å². The van der Waals surface area contributed by atoms with E-state index in [0.29, 0.717) is 24.2 Å². The quantitative estimate of drug-likeness (QED) is 0.110. The highest BCUT2D eigenvalue weighted by molar-refractivity contribution is 6.32. The van der Waals surface area contributed by atoms with Gasteiger partial charge in [-0.15, -0.1) is 0 Å². The van der Waals surface area contributed by atoms with Gasteiger partial charge in [-0.2, -0.15) is 0 Å². The average Bonchev–Trinajstić information content (AvgIpc) is 3.45. The van der Waals surface area contributed by atoms with Crippen LogP contribution >= 0.6 is 81.2 Å². The van der Waals surface area contributed by atoms with E-state index in [9.17, 15) is 4.79 Å². The zero-order valence-electron chi connectivity index (χ0n) is 45.1. The van der Waals surface area contributed by atoms with Crippen molar-refractivity contribution >= 4 is 104 Å². The van der Waals surface area contributed by atoms with Crippen molar-refractivity contribution in [3.8, 4) is 0 Å². The molecule has 0 aliphatic carbocycles. The molecule has 2 unspecified atom stereocenters. The zero-order valence-corrected chi connectivity index (χ0v) is 50.4. The van der Waals surface area contributed by atoms with E-state index >= 15 is 0 Å². The first-order valence-electron chi connectivity index (χ1n) is 26.5. The zero-order chi connectivity index (χ0) is 56.1. The minimum Gasteiger partial charge on any atom is -0.446 e. The van der Waals surface area contributed by atoms with E-state index in [4.69, 9.17) is 81.2 Å². The molecule has 6 atom stereocenters. The monoisotopic (exact) mass is 1190 g/mol. The van der Waals surface area contributed by atoms with Gasteiger partial charge >= 0.3 is 5.97 Å². The number of piperazine rings is 3. The highest BCUT2D eigenvalue weighted by Gasteiger charge is 2.31. The number of rotatable bonds is 9. The Balaban J connectivity index is 0.000000177. The van der Waals surface area contributed by atoms with E-state index in [2.05, 4.69) is 152 Å². The van der Waals surface area contributed by atoms with Crippen molar-refractivity contribution in [3.63, 3.8) is 0 Å². The molecule has 78 heavy (non-hydrogen) atoms. The van der Waals surface area contributed by atoms with Gasteiger partial charge in [-0.05, 0) is 152 Å². The van der Waals surface area contributed by atoms with Crippen LogP contribution in [0.5, 0.6) is 0 Å². The Morgan fingerprint density at radius 1 is 0.526 bits per heavy atom. The van der Waals surface area contributed by atoms with Gasteiger partial charge in [0.2, 0.25) is 0 Å². The van der Waals surface area contributed by atoms with Crippen LogP contribution in [-0.4, -0.2) is 74.3 Å². The fourth-order valence-electron chi connectivity index (χ4n) is 9.72. The van der Waals surface area contributed by atoms with E-state index < -0.39 is 5.56 Å². The molecule has 15 heteroatoms. The molecule has 10 rings (SSSR count). The molecule has 3 saturated heterocycles. The van der Waals surface area contributed by atoms with E-state index in [1.54, 1.807) is 6.92 Å². The molecule has 0 saturated carbocycles. The Hall–Kier alpha value is -4.68. The van der Waals surface area contributed by atoms with Crippen LogP contribution in [0.4, 0.5) is 17.1 Å². The highest BCUT2D eigenvalue weighted by Crippen LogP contribution is 2.35. The lowest BCUT2D eigenvalue weighted by Gasteiger charge is -2.43. The maximum Gasteiger partial charge on any atom is 0.304 e. The summed E-state index contributed by atoms with van der Waals surface area (Å²) in [4.78, 5) is 19.8. The Labute approximate surface area is 498 Å². The molecule has 7 aromatic carbocycles. The number of esters is 1. The summed E-state index contributed by atoms with van der Waals surface area (Å²) in [7, 11) is 0. The Bertz CT molecular complexity index is 2790. The molecular formula is C63H71Cl7N6O2. The number of nitrogens with one attached hydrogen (secondary N) is 2. The average molecular weight is 1190 g/mol. The lowest BCUT2D eigenvalue weighted by atomic mass is 9.99. The van der Waals surface area contributed by atoms with Crippen LogP contribution < -0.4 is 25.3 Å². The number of anilines is 3. The van der Waals surface area contributed by atoms with Crippen LogP contribution in [0.25, 0.3) is 0 Å². The number of carbonyl (C=O) groups excluding carboxylic acids is 1. The number of hydrogen-bond donors (Lipinski definition) is 2. The van der Waals surface area contributed by atoms with Crippen molar-refractivity contribution in [2.24, 2.45) is 0 Å². The molecule has 0 bridgehead atoms. The minimum absolute atomic E-state index is 0.279. The van der Waals surface area contributed by atoms with Crippen molar-refractivity contribution in [2.75, 3.05) is 60.5 Å². The van der Waals surface area contributed by atoms with Crippen molar-refractivity contribution in [3.05, 3.63) is 228 Å². The first-order chi connectivity index (χ1) is 37.6. The van der Waals surface area contributed by atoms with Crippen LogP contribution in [0.2, 0.25) is 30.1 Å². The number of halogens is 7. The van der Waals surface area contributed by atoms with Crippen LogP contribution in [0, 0.1) is 0 Å². The van der Waals surface area contributed by atoms with Crippen molar-refractivity contribution in [1.29, 1.82) is 0 Å². The summed E-state index contributed by atoms with van der Waals surface area (Å²) < 4.78 is 4.38. The molecular weight excluding hydrogens is 1120 g/mol. The second-order valence-corrected chi connectivity index (χ2v) is 22.3. The molecule has 0 amide bonds. The number of alkyl halides is 1. The molecule has 3 aliphatic heterocycles. The topological polar surface area (TPSA) is 63.3 Å². The third kappa shape index (κ3) is 19.3. The Morgan fingerprint density at radius 2 is 0.949 bits per heavy atom. The molecule has 7 aromatic rings. The predicted octanol–water partition coefficient (Wildman–Crippen LogP) is 17.3. The molecule has 414 valence electrons. The Morgan fingerprint density at radius 3 is 1.40 bits per heavy atom. The smallest absolute Gasteiger partial charge is 0.304 e. The van der Waals surface area contributed by atoms with Gasteiger partial charge in [0.05, 0.1) is 18.1 Å². The molecule has 0 aromatic heterocycles. The third-order valence-corrected chi connectivity index (χ3v) is 14.9. The SMILES string of the molecule is CC.CC(=O)OC(C)Cl.C[C@@H]1CN(c2ccc(Cl)cc2)[C@H](c2ccc(Cl)cc2)CN1.C[C@@H]1CNC[C@@H](c2ccc(Cl)cc2)N1c1ccc(Cl)cc1.Clc1ccc(C2CN(Cc3ccccc3)CCN2c2ccc(Cl)cc2)cc1. The van der Waals surface area contributed by atoms with Gasteiger partial charge in [-0.25, -0.2) is 0 Å². The van der Waals surface area contributed by atoms with E-state index in [0.717, 1.165) is 82.5 Å². The van der Waals surface area contributed by atoms with Gasteiger partial charge in [0, 0.05) is 119 Å². The summed E-state index contributed by atoms with van der Waals surface area (Å²) in [6.45, 7) is 19.1. The second kappa shape index (κ2) is 31.9. The molecule has 3 aliphatic rings. The number of nitrogens with zero attached hydrogens (tertiary/aromatic N) is 4. The largest absolute Gasteiger partial charge is 0.446 e. The maximum absolute atomic E-state index is 9.95. The lowest BCUT2D eigenvalue weighted by molar-refractivity contribution is -0.142. The van der Waals surface area contributed by atoms with Crippen molar-refractivity contribution in [1.82, 2.24) is 15.5 Å². The minimum atomic E-state index is -0.502. The van der Waals surface area contributed by atoms with Crippen molar-refractivity contribution < 1.29 is 9.53 Å².